The van der Waals surface area contributed by atoms with Gasteiger partial charge in [0.25, 0.3) is 5.91 Å². The molecule has 2 aromatic rings. The predicted molar refractivity (Wildman–Crippen MR) is 98.9 cm³/mol. The van der Waals surface area contributed by atoms with Gasteiger partial charge in [0.15, 0.2) is 12.6 Å². The Morgan fingerprint density at radius 2 is 2.04 bits per heavy atom. The molecule has 27 heavy (non-hydrogen) atoms. The van der Waals surface area contributed by atoms with Crippen molar-refractivity contribution in [2.24, 2.45) is 5.92 Å². The zero-order valence-corrected chi connectivity index (χ0v) is 16.0. The maximum Gasteiger partial charge on any atom is 0.333 e. The fourth-order valence-corrected chi connectivity index (χ4v) is 2.86. The first-order valence-electron chi connectivity index (χ1n) is 8.99. The van der Waals surface area contributed by atoms with Gasteiger partial charge in [-0.25, -0.2) is 4.79 Å². The molecule has 1 aliphatic rings. The molecule has 9 heteroatoms. The van der Waals surface area contributed by atoms with Gasteiger partial charge in [0.05, 0.1) is 0 Å². The molecule has 144 valence electrons. The Morgan fingerprint density at radius 1 is 1.33 bits per heavy atom. The fraction of sp³-hybridized carbons (Fsp3) is 0.500. The van der Waals surface area contributed by atoms with Gasteiger partial charge in [-0.2, -0.15) is 0 Å². The molecule has 0 aliphatic heterocycles. The summed E-state index contributed by atoms with van der Waals surface area (Å²) in [6, 6.07) is 6.36. The summed E-state index contributed by atoms with van der Waals surface area (Å²) in [6.07, 6.45) is 2.68. The second-order valence-corrected chi connectivity index (χ2v) is 7.10. The Balaban J connectivity index is 1.58. The first-order valence-corrected chi connectivity index (χ1v) is 9.37. The molecule has 1 amide bonds. The van der Waals surface area contributed by atoms with Gasteiger partial charge in [-0.15, -0.1) is 15.0 Å². The predicted octanol–water partition coefficient (Wildman–Crippen LogP) is 2.40. The molecule has 0 bridgehead atoms. The summed E-state index contributed by atoms with van der Waals surface area (Å²) >= 11 is 5.88. The molecule has 1 aromatic carbocycles. The lowest BCUT2D eigenvalue weighted by Gasteiger charge is -2.15. The third-order valence-electron chi connectivity index (χ3n) is 4.53. The molecular formula is C18H22ClN5O3. The molecule has 2 unspecified atom stereocenters. The van der Waals surface area contributed by atoms with Crippen LogP contribution in [0.2, 0.25) is 5.02 Å². The molecule has 8 nitrogen and oxygen atoms in total. The maximum absolute atomic E-state index is 12.4. The van der Waals surface area contributed by atoms with Gasteiger partial charge in [-0.1, -0.05) is 18.5 Å². The van der Waals surface area contributed by atoms with Crippen LogP contribution in [0.1, 0.15) is 39.2 Å². The quantitative estimate of drug-likeness (QED) is 0.694. The van der Waals surface area contributed by atoms with Crippen molar-refractivity contribution in [3.63, 3.8) is 0 Å². The zero-order valence-electron chi connectivity index (χ0n) is 15.3. The number of hydrogen-bond donors (Lipinski definition) is 1. The summed E-state index contributed by atoms with van der Waals surface area (Å²) in [4.78, 5) is 25.5. The minimum atomic E-state index is -0.743. The van der Waals surface area contributed by atoms with Gasteiger partial charge in [0.2, 0.25) is 5.82 Å². The summed E-state index contributed by atoms with van der Waals surface area (Å²) in [5, 5.41) is 15.6. The SMILES string of the molecule is CCC(C(=O)OCC(=O)NC(C)C1CC1)n1nnc(-c2ccc(Cl)cc2)n1. The van der Waals surface area contributed by atoms with Crippen LogP contribution in [-0.2, 0) is 14.3 Å². The normalized spacial score (nSPS) is 15.8. The van der Waals surface area contributed by atoms with E-state index in [1.165, 1.54) is 4.80 Å². The number of hydrogen-bond acceptors (Lipinski definition) is 6. The molecule has 1 fully saturated rings. The van der Waals surface area contributed by atoms with Crippen LogP contribution in [0.5, 0.6) is 0 Å². The number of carbonyl (C=O) groups is 2. The number of aromatic nitrogens is 4. The van der Waals surface area contributed by atoms with Gasteiger partial charge < -0.3 is 10.1 Å². The molecule has 2 atom stereocenters. The van der Waals surface area contributed by atoms with Gasteiger partial charge in [-0.05, 0) is 61.6 Å². The van der Waals surface area contributed by atoms with Crippen LogP contribution in [0.3, 0.4) is 0 Å². The van der Waals surface area contributed by atoms with Crippen LogP contribution in [0.15, 0.2) is 24.3 Å². The Bertz CT molecular complexity index is 804. The van der Waals surface area contributed by atoms with Gasteiger partial charge >= 0.3 is 5.97 Å². The van der Waals surface area contributed by atoms with Crippen LogP contribution in [-0.4, -0.2) is 44.7 Å². The van der Waals surface area contributed by atoms with Crippen molar-refractivity contribution in [2.45, 2.75) is 45.2 Å². The van der Waals surface area contributed by atoms with Gasteiger partial charge in [0.1, 0.15) is 0 Å². The molecule has 1 aliphatic carbocycles. The third-order valence-corrected chi connectivity index (χ3v) is 4.78. The molecule has 0 radical (unpaired) electrons. The number of nitrogens with one attached hydrogen (secondary N) is 1. The Kier molecular flexibility index (Phi) is 6.05. The van der Waals surface area contributed by atoms with Crippen molar-refractivity contribution in [3.05, 3.63) is 29.3 Å². The highest BCUT2D eigenvalue weighted by molar-refractivity contribution is 6.30. The number of amides is 1. The van der Waals surface area contributed by atoms with Gasteiger partial charge in [0, 0.05) is 16.6 Å². The first-order chi connectivity index (χ1) is 13.0. The monoisotopic (exact) mass is 391 g/mol. The van der Waals surface area contributed by atoms with E-state index in [4.69, 9.17) is 16.3 Å². The second-order valence-electron chi connectivity index (χ2n) is 6.67. The van der Waals surface area contributed by atoms with Crippen LogP contribution in [0.4, 0.5) is 0 Å². The summed E-state index contributed by atoms with van der Waals surface area (Å²) < 4.78 is 5.15. The minimum Gasteiger partial charge on any atom is -0.454 e. The number of benzene rings is 1. The van der Waals surface area contributed by atoms with Crippen molar-refractivity contribution >= 4 is 23.5 Å². The van der Waals surface area contributed by atoms with E-state index in [0.717, 1.165) is 18.4 Å². The van der Waals surface area contributed by atoms with Crippen molar-refractivity contribution in [3.8, 4) is 11.4 Å². The number of halogens is 1. The summed E-state index contributed by atoms with van der Waals surface area (Å²) in [6.45, 7) is 3.46. The molecule has 0 spiro atoms. The maximum atomic E-state index is 12.4. The Labute approximate surface area is 162 Å². The van der Waals surface area contributed by atoms with Crippen molar-refractivity contribution < 1.29 is 14.3 Å². The highest BCUT2D eigenvalue weighted by Crippen LogP contribution is 2.32. The molecule has 1 N–H and O–H groups in total. The number of esters is 1. The number of carbonyl (C=O) groups excluding carboxylic acids is 2. The zero-order chi connectivity index (χ0) is 19.4. The van der Waals surface area contributed by atoms with Crippen LogP contribution >= 0.6 is 11.6 Å². The summed E-state index contributed by atoms with van der Waals surface area (Å²) in [7, 11) is 0. The van der Waals surface area contributed by atoms with Crippen LogP contribution in [0.25, 0.3) is 11.4 Å². The minimum absolute atomic E-state index is 0.108. The van der Waals surface area contributed by atoms with E-state index in [2.05, 4.69) is 20.7 Å². The third kappa shape index (κ3) is 5.03. The second kappa shape index (κ2) is 8.47. The van der Waals surface area contributed by atoms with Crippen LogP contribution < -0.4 is 5.32 Å². The number of tetrazole rings is 1. The van der Waals surface area contributed by atoms with E-state index < -0.39 is 12.0 Å². The number of rotatable bonds is 8. The highest BCUT2D eigenvalue weighted by atomic mass is 35.5. The molecule has 3 rings (SSSR count). The molecule has 0 saturated heterocycles. The van der Waals surface area contributed by atoms with Crippen molar-refractivity contribution in [1.29, 1.82) is 0 Å². The van der Waals surface area contributed by atoms with E-state index in [9.17, 15) is 9.59 Å². The first kappa shape index (κ1) is 19.3. The van der Waals surface area contributed by atoms with Crippen molar-refractivity contribution in [2.75, 3.05) is 6.61 Å². The van der Waals surface area contributed by atoms with E-state index in [-0.39, 0.29) is 18.6 Å². The van der Waals surface area contributed by atoms with E-state index >= 15 is 0 Å². The lowest BCUT2D eigenvalue weighted by molar-refractivity contribution is -0.152. The van der Waals surface area contributed by atoms with Crippen LogP contribution in [0, 0.1) is 5.92 Å². The largest absolute Gasteiger partial charge is 0.454 e. The smallest absolute Gasteiger partial charge is 0.333 e. The Hall–Kier alpha value is -2.48. The highest BCUT2D eigenvalue weighted by Gasteiger charge is 2.29. The Morgan fingerprint density at radius 3 is 2.67 bits per heavy atom. The summed E-state index contributed by atoms with van der Waals surface area (Å²) in [5.41, 5.74) is 0.738. The van der Waals surface area contributed by atoms with Crippen molar-refractivity contribution in [1.82, 2.24) is 25.5 Å². The molecule has 1 saturated carbocycles. The molecule has 1 heterocycles. The topological polar surface area (TPSA) is 99.0 Å². The number of ether oxygens (including phenoxy) is 1. The number of nitrogens with zero attached hydrogens (tertiary/aromatic N) is 4. The van der Waals surface area contributed by atoms with Gasteiger partial charge in [-0.3, -0.25) is 4.79 Å². The van der Waals surface area contributed by atoms with E-state index in [0.29, 0.717) is 23.2 Å². The average Bonchev–Trinajstić information content (AvgIpc) is 3.40. The molecular weight excluding hydrogens is 370 g/mol. The lowest BCUT2D eigenvalue weighted by atomic mass is 10.2. The van der Waals surface area contributed by atoms with E-state index in [1.54, 1.807) is 24.3 Å². The summed E-state index contributed by atoms with van der Waals surface area (Å²) in [5.74, 6) is 0.0605. The molecule has 1 aromatic heterocycles. The van der Waals surface area contributed by atoms with E-state index in [1.807, 2.05) is 13.8 Å². The fourth-order valence-electron chi connectivity index (χ4n) is 2.74. The standard InChI is InChI=1S/C18H22ClN5O3/c1-3-15(18(26)27-10-16(25)20-11(2)12-4-5-12)24-22-17(21-23-24)13-6-8-14(19)9-7-13/h6-9,11-12,15H,3-5,10H2,1-2H3,(H,20,25). The average molecular weight is 392 g/mol. The lowest BCUT2D eigenvalue weighted by Crippen LogP contribution is -2.37.